The first kappa shape index (κ1) is 9.01. The highest BCUT2D eigenvalue weighted by molar-refractivity contribution is 5.13. The molecule has 1 nitrogen and oxygen atoms in total. The molecular weight excluding hydrogens is 148 g/mol. The van der Waals surface area contributed by atoms with Crippen molar-refractivity contribution < 1.29 is 4.74 Å². The Balaban J connectivity index is 2.38. The molecule has 0 aromatic heterocycles. The fourth-order valence-corrected chi connectivity index (χ4v) is 0.870. The van der Waals surface area contributed by atoms with Crippen molar-refractivity contribution in [1.29, 1.82) is 0 Å². The van der Waals surface area contributed by atoms with Gasteiger partial charge in [0, 0.05) is 0 Å². The van der Waals surface area contributed by atoms with Gasteiger partial charge in [-0.05, 0) is 12.5 Å². The summed E-state index contributed by atoms with van der Waals surface area (Å²) in [6.45, 7) is 6.29. The fourth-order valence-electron chi connectivity index (χ4n) is 0.870. The highest BCUT2D eigenvalue weighted by Crippen LogP contribution is 2.02. The van der Waals surface area contributed by atoms with Crippen molar-refractivity contribution in [3.05, 3.63) is 48.6 Å². The standard InChI is InChI=1S/C11H14O/c1-3-10(2)12-9-11-7-5-4-6-8-11/h3-8,10H,1,9H2,2H3/t10-/m1/s1. The normalized spacial score (nSPS) is 12.4. The Kier molecular flexibility index (Phi) is 3.55. The van der Waals surface area contributed by atoms with Gasteiger partial charge in [0.2, 0.25) is 0 Å². The predicted molar refractivity (Wildman–Crippen MR) is 50.9 cm³/mol. The molecule has 12 heavy (non-hydrogen) atoms. The van der Waals surface area contributed by atoms with Crippen LogP contribution in [0.25, 0.3) is 0 Å². The van der Waals surface area contributed by atoms with Crippen LogP contribution in [-0.4, -0.2) is 6.10 Å². The third-order valence-corrected chi connectivity index (χ3v) is 1.69. The number of rotatable bonds is 4. The quantitative estimate of drug-likeness (QED) is 0.618. The fraction of sp³-hybridized carbons (Fsp3) is 0.273. The van der Waals surface area contributed by atoms with E-state index in [1.807, 2.05) is 25.1 Å². The van der Waals surface area contributed by atoms with Gasteiger partial charge >= 0.3 is 0 Å². The van der Waals surface area contributed by atoms with Gasteiger partial charge in [0.05, 0.1) is 12.7 Å². The largest absolute Gasteiger partial charge is 0.370 e. The minimum absolute atomic E-state index is 0.130. The zero-order valence-electron chi connectivity index (χ0n) is 7.36. The maximum Gasteiger partial charge on any atom is 0.0729 e. The van der Waals surface area contributed by atoms with Gasteiger partial charge in [-0.15, -0.1) is 6.58 Å². The lowest BCUT2D eigenvalue weighted by Crippen LogP contribution is -2.03. The number of hydrogen-bond donors (Lipinski definition) is 0. The van der Waals surface area contributed by atoms with Crippen molar-refractivity contribution in [3.63, 3.8) is 0 Å². The summed E-state index contributed by atoms with van der Waals surface area (Å²) in [7, 11) is 0. The topological polar surface area (TPSA) is 9.23 Å². The summed E-state index contributed by atoms with van der Waals surface area (Å²) < 4.78 is 5.46. The Hall–Kier alpha value is -1.08. The van der Waals surface area contributed by atoms with Crippen LogP contribution in [0.2, 0.25) is 0 Å². The minimum Gasteiger partial charge on any atom is -0.370 e. The third kappa shape index (κ3) is 2.89. The van der Waals surface area contributed by atoms with Crippen molar-refractivity contribution in [2.45, 2.75) is 19.6 Å². The van der Waals surface area contributed by atoms with Crippen LogP contribution >= 0.6 is 0 Å². The molecule has 0 fully saturated rings. The van der Waals surface area contributed by atoms with Gasteiger partial charge in [-0.1, -0.05) is 36.4 Å². The highest BCUT2D eigenvalue weighted by atomic mass is 16.5. The second kappa shape index (κ2) is 4.73. The first-order valence-corrected chi connectivity index (χ1v) is 4.11. The molecule has 1 heteroatoms. The second-order valence-electron chi connectivity index (χ2n) is 2.74. The van der Waals surface area contributed by atoms with E-state index >= 15 is 0 Å². The molecule has 0 saturated carbocycles. The van der Waals surface area contributed by atoms with Crippen LogP contribution in [0.5, 0.6) is 0 Å². The Morgan fingerprint density at radius 3 is 2.67 bits per heavy atom. The van der Waals surface area contributed by atoms with Gasteiger partial charge in [-0.25, -0.2) is 0 Å². The van der Waals surface area contributed by atoms with E-state index in [0.29, 0.717) is 6.61 Å². The van der Waals surface area contributed by atoms with Crippen LogP contribution in [0, 0.1) is 0 Å². The predicted octanol–water partition coefficient (Wildman–Crippen LogP) is 2.78. The molecule has 0 heterocycles. The van der Waals surface area contributed by atoms with E-state index in [4.69, 9.17) is 4.74 Å². The van der Waals surface area contributed by atoms with Crippen molar-refractivity contribution in [1.82, 2.24) is 0 Å². The van der Waals surface area contributed by atoms with Crippen molar-refractivity contribution in [3.8, 4) is 0 Å². The maximum atomic E-state index is 5.46. The van der Waals surface area contributed by atoms with E-state index in [-0.39, 0.29) is 6.10 Å². The summed E-state index contributed by atoms with van der Waals surface area (Å²) in [5.74, 6) is 0. The maximum absolute atomic E-state index is 5.46. The van der Waals surface area contributed by atoms with E-state index < -0.39 is 0 Å². The third-order valence-electron chi connectivity index (χ3n) is 1.69. The molecule has 0 bridgehead atoms. The molecule has 0 unspecified atom stereocenters. The molecule has 0 spiro atoms. The molecule has 0 N–H and O–H groups in total. The average molecular weight is 162 g/mol. The van der Waals surface area contributed by atoms with Gasteiger partial charge in [0.15, 0.2) is 0 Å². The van der Waals surface area contributed by atoms with Crippen molar-refractivity contribution >= 4 is 0 Å². The molecule has 1 aromatic rings. The van der Waals surface area contributed by atoms with E-state index in [1.54, 1.807) is 6.08 Å². The minimum atomic E-state index is 0.130. The number of benzene rings is 1. The van der Waals surface area contributed by atoms with E-state index in [9.17, 15) is 0 Å². The van der Waals surface area contributed by atoms with Crippen LogP contribution < -0.4 is 0 Å². The second-order valence-corrected chi connectivity index (χ2v) is 2.74. The summed E-state index contributed by atoms with van der Waals surface area (Å²) in [4.78, 5) is 0. The van der Waals surface area contributed by atoms with Crippen LogP contribution in [0.15, 0.2) is 43.0 Å². The lowest BCUT2D eigenvalue weighted by molar-refractivity contribution is 0.0843. The summed E-state index contributed by atoms with van der Waals surface area (Å²) in [6.07, 6.45) is 1.92. The van der Waals surface area contributed by atoms with Crippen LogP contribution in [0.4, 0.5) is 0 Å². The number of hydrogen-bond acceptors (Lipinski definition) is 1. The molecule has 0 aliphatic carbocycles. The molecule has 64 valence electrons. The van der Waals surface area contributed by atoms with Crippen LogP contribution in [0.3, 0.4) is 0 Å². The van der Waals surface area contributed by atoms with E-state index in [0.717, 1.165) is 0 Å². The zero-order chi connectivity index (χ0) is 8.81. The molecule has 0 aliphatic rings. The van der Waals surface area contributed by atoms with Gasteiger partial charge in [-0.2, -0.15) is 0 Å². The molecule has 1 rings (SSSR count). The smallest absolute Gasteiger partial charge is 0.0729 e. The molecule has 0 aliphatic heterocycles. The Morgan fingerprint density at radius 1 is 1.42 bits per heavy atom. The van der Waals surface area contributed by atoms with Crippen molar-refractivity contribution in [2.75, 3.05) is 0 Å². The SMILES string of the molecule is C=C[C@@H](C)OCc1ccccc1. The summed E-state index contributed by atoms with van der Waals surface area (Å²) in [5, 5.41) is 0. The molecule has 0 radical (unpaired) electrons. The lowest BCUT2D eigenvalue weighted by Gasteiger charge is -2.07. The van der Waals surface area contributed by atoms with Crippen molar-refractivity contribution in [2.24, 2.45) is 0 Å². The first-order chi connectivity index (χ1) is 5.83. The summed E-state index contributed by atoms with van der Waals surface area (Å²) in [5.41, 5.74) is 1.20. The number of ether oxygens (including phenoxy) is 1. The van der Waals surface area contributed by atoms with Gasteiger partial charge < -0.3 is 4.74 Å². The molecule has 1 aromatic carbocycles. The van der Waals surface area contributed by atoms with Crippen LogP contribution in [0.1, 0.15) is 12.5 Å². The summed E-state index contributed by atoms with van der Waals surface area (Å²) >= 11 is 0. The molecule has 0 saturated heterocycles. The Bertz CT molecular complexity index is 228. The molecule has 1 atom stereocenters. The zero-order valence-corrected chi connectivity index (χ0v) is 7.36. The summed E-state index contributed by atoms with van der Waals surface area (Å²) in [6, 6.07) is 10.1. The Morgan fingerprint density at radius 2 is 2.08 bits per heavy atom. The van der Waals surface area contributed by atoms with E-state index in [2.05, 4.69) is 18.7 Å². The highest BCUT2D eigenvalue weighted by Gasteiger charge is 1.95. The average Bonchev–Trinajstić information content (AvgIpc) is 2.16. The molecule has 0 amide bonds. The molecular formula is C11H14O. The lowest BCUT2D eigenvalue weighted by atomic mass is 10.2. The van der Waals surface area contributed by atoms with E-state index in [1.165, 1.54) is 5.56 Å². The first-order valence-electron chi connectivity index (χ1n) is 4.11. The Labute approximate surface area is 73.7 Å². The van der Waals surface area contributed by atoms with Gasteiger partial charge in [0.1, 0.15) is 0 Å². The van der Waals surface area contributed by atoms with Gasteiger partial charge in [0.25, 0.3) is 0 Å². The monoisotopic (exact) mass is 162 g/mol. The van der Waals surface area contributed by atoms with Crippen LogP contribution in [-0.2, 0) is 11.3 Å². The van der Waals surface area contributed by atoms with Gasteiger partial charge in [-0.3, -0.25) is 0 Å².